The van der Waals surface area contributed by atoms with Gasteiger partial charge in [-0.15, -0.1) is 0 Å². The largest absolute Gasteiger partial charge is 0.394 e. The van der Waals surface area contributed by atoms with Crippen molar-refractivity contribution >= 4 is 5.78 Å². The lowest BCUT2D eigenvalue weighted by atomic mass is 9.95. The van der Waals surface area contributed by atoms with Crippen molar-refractivity contribution in [3.63, 3.8) is 0 Å². The first-order valence-corrected chi connectivity index (χ1v) is 5.85. The Labute approximate surface area is 114 Å². The van der Waals surface area contributed by atoms with Crippen molar-refractivity contribution in [2.45, 2.75) is 30.5 Å². The van der Waals surface area contributed by atoms with Gasteiger partial charge in [-0.05, 0) is 12.1 Å². The molecule has 1 heterocycles. The molecule has 0 saturated heterocycles. The molecule has 8 nitrogen and oxygen atoms in total. The van der Waals surface area contributed by atoms with Crippen LogP contribution in [0.15, 0.2) is 24.5 Å². The minimum absolute atomic E-state index is 0.0171. The summed E-state index contributed by atoms with van der Waals surface area (Å²) in [5, 5.41) is 56.0. The number of carbonyl (C=O) groups excluding carboxylic acids is 1. The summed E-state index contributed by atoms with van der Waals surface area (Å²) in [6.45, 7) is -0.850. The second kappa shape index (κ2) is 7.39. The molecule has 0 radical (unpaired) electrons. The lowest BCUT2D eigenvalue weighted by molar-refractivity contribution is -0.133. The van der Waals surface area contributed by atoms with Gasteiger partial charge in [0.15, 0.2) is 5.78 Å². The molecule has 0 aliphatic carbocycles. The average Bonchev–Trinajstić information content (AvgIpc) is 2.51. The van der Waals surface area contributed by atoms with Gasteiger partial charge >= 0.3 is 0 Å². The Morgan fingerprint density at radius 1 is 1.10 bits per heavy atom. The molecule has 6 N–H and O–H groups in total. The standard InChI is InChI=1S/C12H17NO7/c14-5-7(15)9(17)11(19)12(20)10(18)8(16)6-2-1-3-13-4-6/h1-4,7,9-12,14-15,17-20H,5H2/t7-,9-,10?,11-,12+/m1/s1. The van der Waals surface area contributed by atoms with Crippen molar-refractivity contribution in [3.8, 4) is 0 Å². The second-order valence-corrected chi connectivity index (χ2v) is 4.27. The molecule has 0 aromatic carbocycles. The van der Waals surface area contributed by atoms with Gasteiger partial charge in [0.2, 0.25) is 0 Å². The van der Waals surface area contributed by atoms with Crippen LogP contribution in [0.5, 0.6) is 0 Å². The number of pyridine rings is 1. The minimum atomic E-state index is -2.03. The quantitative estimate of drug-likeness (QED) is 0.291. The van der Waals surface area contributed by atoms with Crippen molar-refractivity contribution in [2.24, 2.45) is 0 Å². The van der Waals surface area contributed by atoms with Gasteiger partial charge < -0.3 is 30.6 Å². The Hall–Kier alpha value is -1.42. The number of aromatic nitrogens is 1. The average molecular weight is 287 g/mol. The normalized spacial score (nSPS) is 18.9. The summed E-state index contributed by atoms with van der Waals surface area (Å²) in [6, 6.07) is 2.81. The summed E-state index contributed by atoms with van der Waals surface area (Å²) < 4.78 is 0. The molecule has 20 heavy (non-hydrogen) atoms. The van der Waals surface area contributed by atoms with Crippen LogP contribution in [0.1, 0.15) is 10.4 Å². The highest BCUT2D eigenvalue weighted by molar-refractivity contribution is 5.99. The van der Waals surface area contributed by atoms with E-state index >= 15 is 0 Å². The van der Waals surface area contributed by atoms with Crippen LogP contribution in [0.3, 0.4) is 0 Å². The maximum absolute atomic E-state index is 11.8. The molecule has 1 aromatic rings. The first-order chi connectivity index (χ1) is 9.40. The van der Waals surface area contributed by atoms with Crippen LogP contribution >= 0.6 is 0 Å². The van der Waals surface area contributed by atoms with Gasteiger partial charge in [0.1, 0.15) is 30.5 Å². The van der Waals surface area contributed by atoms with Gasteiger partial charge in [-0.25, -0.2) is 0 Å². The predicted molar refractivity (Wildman–Crippen MR) is 65.7 cm³/mol. The van der Waals surface area contributed by atoms with E-state index in [0.717, 1.165) is 0 Å². The van der Waals surface area contributed by atoms with Crippen LogP contribution < -0.4 is 0 Å². The van der Waals surface area contributed by atoms with E-state index in [1.807, 2.05) is 0 Å². The number of carbonyl (C=O) groups is 1. The molecule has 0 saturated carbocycles. The molecule has 112 valence electrons. The molecule has 0 bridgehead atoms. The van der Waals surface area contributed by atoms with Crippen molar-refractivity contribution < 1.29 is 35.4 Å². The number of ketones is 1. The maximum atomic E-state index is 11.8. The summed E-state index contributed by atoms with van der Waals surface area (Å²) in [5.41, 5.74) is 0.0171. The zero-order valence-corrected chi connectivity index (χ0v) is 10.4. The molecule has 1 unspecified atom stereocenters. The van der Waals surface area contributed by atoms with Crippen molar-refractivity contribution in [1.82, 2.24) is 4.98 Å². The molecule has 5 atom stereocenters. The van der Waals surface area contributed by atoms with Gasteiger partial charge in [0.25, 0.3) is 0 Å². The lowest BCUT2D eigenvalue weighted by Gasteiger charge is -2.27. The first-order valence-electron chi connectivity index (χ1n) is 5.85. The van der Waals surface area contributed by atoms with E-state index in [1.54, 1.807) is 0 Å². The lowest BCUT2D eigenvalue weighted by Crippen LogP contribution is -2.51. The van der Waals surface area contributed by atoms with Gasteiger partial charge in [-0.2, -0.15) is 0 Å². The highest BCUT2D eigenvalue weighted by atomic mass is 16.4. The van der Waals surface area contributed by atoms with Gasteiger partial charge in [-0.1, -0.05) is 0 Å². The van der Waals surface area contributed by atoms with Crippen LogP contribution in [-0.4, -0.2) is 78.5 Å². The molecular formula is C12H17NO7. The fourth-order valence-corrected chi connectivity index (χ4v) is 1.56. The van der Waals surface area contributed by atoms with E-state index in [0.29, 0.717) is 0 Å². The molecule has 0 aliphatic heterocycles. The van der Waals surface area contributed by atoms with E-state index in [4.69, 9.17) is 10.2 Å². The van der Waals surface area contributed by atoms with E-state index in [9.17, 15) is 25.2 Å². The summed E-state index contributed by atoms with van der Waals surface area (Å²) in [6.07, 6.45) is -7.08. The predicted octanol–water partition coefficient (Wildman–Crippen LogP) is -2.94. The van der Waals surface area contributed by atoms with Crippen LogP contribution in [0, 0.1) is 0 Å². The Morgan fingerprint density at radius 3 is 2.25 bits per heavy atom. The third-order valence-corrected chi connectivity index (χ3v) is 2.82. The van der Waals surface area contributed by atoms with Gasteiger partial charge in [0.05, 0.1) is 6.61 Å². The van der Waals surface area contributed by atoms with E-state index in [2.05, 4.69) is 4.98 Å². The van der Waals surface area contributed by atoms with Crippen LogP contribution in [0.4, 0.5) is 0 Å². The highest BCUT2D eigenvalue weighted by Gasteiger charge is 2.37. The Balaban J connectivity index is 2.76. The fraction of sp³-hybridized carbons (Fsp3) is 0.500. The third kappa shape index (κ3) is 3.79. The molecule has 8 heteroatoms. The van der Waals surface area contributed by atoms with Gasteiger partial charge in [0, 0.05) is 18.0 Å². The number of aliphatic hydroxyl groups is 6. The van der Waals surface area contributed by atoms with E-state index in [1.165, 1.54) is 24.5 Å². The maximum Gasteiger partial charge on any atom is 0.195 e. The van der Waals surface area contributed by atoms with Gasteiger partial charge in [-0.3, -0.25) is 9.78 Å². The molecule has 0 amide bonds. The highest BCUT2D eigenvalue weighted by Crippen LogP contribution is 2.12. The third-order valence-electron chi connectivity index (χ3n) is 2.82. The molecule has 0 spiro atoms. The monoisotopic (exact) mass is 287 g/mol. The van der Waals surface area contributed by atoms with Crippen molar-refractivity contribution in [2.75, 3.05) is 6.61 Å². The number of Topliss-reactive ketones (excluding diaryl/α,β-unsaturated/α-hetero) is 1. The Bertz CT molecular complexity index is 427. The first kappa shape index (κ1) is 16.6. The molecule has 0 fully saturated rings. The number of rotatable bonds is 7. The number of hydrogen-bond acceptors (Lipinski definition) is 8. The molecule has 1 aromatic heterocycles. The Kier molecular flexibility index (Phi) is 6.14. The SMILES string of the molecule is O=C(c1cccnc1)C(O)[C@H](O)[C@H](O)[C@H](O)[C@H](O)CO. The topological polar surface area (TPSA) is 151 Å². The summed E-state index contributed by atoms with van der Waals surface area (Å²) in [5.74, 6) is -0.893. The number of hydrogen-bond donors (Lipinski definition) is 6. The number of aliphatic hydroxyl groups excluding tert-OH is 6. The summed E-state index contributed by atoms with van der Waals surface area (Å²) in [4.78, 5) is 15.5. The van der Waals surface area contributed by atoms with Crippen LogP contribution in [0.25, 0.3) is 0 Å². The minimum Gasteiger partial charge on any atom is -0.394 e. The summed E-state index contributed by atoms with van der Waals surface area (Å²) >= 11 is 0. The molecule has 1 rings (SSSR count). The van der Waals surface area contributed by atoms with Crippen molar-refractivity contribution in [1.29, 1.82) is 0 Å². The van der Waals surface area contributed by atoms with E-state index in [-0.39, 0.29) is 5.56 Å². The fourth-order valence-electron chi connectivity index (χ4n) is 1.56. The second-order valence-electron chi connectivity index (χ2n) is 4.27. The molecular weight excluding hydrogens is 270 g/mol. The van der Waals surface area contributed by atoms with E-state index < -0.39 is 42.9 Å². The smallest absolute Gasteiger partial charge is 0.195 e. The zero-order valence-electron chi connectivity index (χ0n) is 10.4. The Morgan fingerprint density at radius 2 is 1.75 bits per heavy atom. The van der Waals surface area contributed by atoms with Crippen LogP contribution in [0.2, 0.25) is 0 Å². The zero-order chi connectivity index (χ0) is 15.3. The number of nitrogens with zero attached hydrogens (tertiary/aromatic N) is 1. The molecule has 0 aliphatic rings. The summed E-state index contributed by atoms with van der Waals surface area (Å²) in [7, 11) is 0. The van der Waals surface area contributed by atoms with Crippen LogP contribution in [-0.2, 0) is 0 Å². The van der Waals surface area contributed by atoms with Crippen molar-refractivity contribution in [3.05, 3.63) is 30.1 Å².